The van der Waals surface area contributed by atoms with Crippen molar-refractivity contribution in [3.63, 3.8) is 0 Å². The third-order valence-electron chi connectivity index (χ3n) is 4.46. The minimum absolute atomic E-state index is 0.110. The van der Waals surface area contributed by atoms with Crippen LogP contribution in [0.2, 0.25) is 0 Å². The Balaban J connectivity index is 1.63. The number of amides is 2. The Morgan fingerprint density at radius 3 is 2.39 bits per heavy atom. The Morgan fingerprint density at radius 1 is 1.10 bits per heavy atom. The Kier molecular flexibility index (Phi) is 6.98. The lowest BCUT2D eigenvalue weighted by molar-refractivity contribution is 0.262. The lowest BCUT2D eigenvalue weighted by Gasteiger charge is -2.14. The molecule has 0 aliphatic carbocycles. The van der Waals surface area contributed by atoms with Gasteiger partial charge in [-0.1, -0.05) is 23.9 Å². The predicted molar refractivity (Wildman–Crippen MR) is 122 cm³/mol. The summed E-state index contributed by atoms with van der Waals surface area (Å²) in [6, 6.07) is 13.1. The number of hydrogen-bond acceptors (Lipinski definition) is 6. The van der Waals surface area contributed by atoms with E-state index in [0.717, 1.165) is 15.0 Å². The predicted octanol–water partition coefficient (Wildman–Crippen LogP) is 3.56. The van der Waals surface area contributed by atoms with E-state index in [1.165, 1.54) is 26.2 Å². The molecule has 1 heterocycles. The maximum absolute atomic E-state index is 12.4. The van der Waals surface area contributed by atoms with Crippen molar-refractivity contribution in [2.45, 2.75) is 22.2 Å². The summed E-state index contributed by atoms with van der Waals surface area (Å²) in [5, 5.41) is 14.4. The molecule has 2 N–H and O–H groups in total. The number of thioether (sulfide) groups is 1. The zero-order valence-electron chi connectivity index (χ0n) is 17.6. The summed E-state index contributed by atoms with van der Waals surface area (Å²) in [5.74, 6) is 0. The number of carbonyl (C=O) groups excluding carboxylic acids is 1. The molecule has 11 heteroatoms. The molecule has 3 rings (SSSR count). The second-order valence-electron chi connectivity index (χ2n) is 7.00. The summed E-state index contributed by atoms with van der Waals surface area (Å²) in [6.07, 6.45) is 1.65. The Morgan fingerprint density at radius 2 is 1.77 bits per heavy atom. The van der Waals surface area contributed by atoms with Crippen LogP contribution < -0.4 is 10.6 Å². The Hall–Kier alpha value is -2.89. The first-order chi connectivity index (χ1) is 14.7. The summed E-state index contributed by atoms with van der Waals surface area (Å²) in [4.78, 5) is 12.5. The highest BCUT2D eigenvalue weighted by atomic mass is 32.2. The molecule has 0 aliphatic rings. The number of sulfonamides is 1. The van der Waals surface area contributed by atoms with E-state index in [9.17, 15) is 13.2 Å². The largest absolute Gasteiger partial charge is 0.323 e. The van der Waals surface area contributed by atoms with E-state index in [0.29, 0.717) is 11.4 Å². The van der Waals surface area contributed by atoms with Gasteiger partial charge in [-0.25, -0.2) is 17.5 Å². The summed E-state index contributed by atoms with van der Waals surface area (Å²) in [7, 11) is 1.31. The molecule has 0 aliphatic heterocycles. The summed E-state index contributed by atoms with van der Waals surface area (Å²) in [5.41, 5.74) is 2.16. The molecule has 0 saturated carbocycles. The molecule has 2 amide bonds. The lowest BCUT2D eigenvalue weighted by Crippen LogP contribution is -2.22. The van der Waals surface area contributed by atoms with Gasteiger partial charge in [-0.15, -0.1) is 10.2 Å². The van der Waals surface area contributed by atoms with E-state index in [4.69, 9.17) is 0 Å². The third kappa shape index (κ3) is 5.63. The van der Waals surface area contributed by atoms with Crippen LogP contribution in [0.4, 0.5) is 16.2 Å². The molecule has 0 spiro atoms. The molecule has 3 aromatic rings. The van der Waals surface area contributed by atoms with Crippen molar-refractivity contribution >= 4 is 39.2 Å². The molecule has 31 heavy (non-hydrogen) atoms. The van der Waals surface area contributed by atoms with E-state index >= 15 is 0 Å². The van der Waals surface area contributed by atoms with Gasteiger partial charge in [0.15, 0.2) is 5.16 Å². The molecule has 0 fully saturated rings. The standard InChI is InChI=1S/C20H24N6O3S2/c1-14(30-20-24-21-13-26(20)4)15-6-5-7-17(12-15)23-19(27)22-16-8-10-18(11-9-16)31(28,29)25(2)3/h5-14H,1-4H3,(H2,22,23,27). The first kappa shape index (κ1) is 22.8. The van der Waals surface area contributed by atoms with Crippen LogP contribution in [0.15, 0.2) is 64.9 Å². The topological polar surface area (TPSA) is 109 Å². The summed E-state index contributed by atoms with van der Waals surface area (Å²) in [6.45, 7) is 2.06. The van der Waals surface area contributed by atoms with Crippen LogP contribution >= 0.6 is 11.8 Å². The molecule has 0 radical (unpaired) electrons. The maximum atomic E-state index is 12.4. The molecule has 1 aromatic heterocycles. The number of hydrogen-bond donors (Lipinski definition) is 2. The maximum Gasteiger partial charge on any atom is 0.323 e. The van der Waals surface area contributed by atoms with Crippen LogP contribution in [0.3, 0.4) is 0 Å². The number of carbonyl (C=O) groups is 1. The second kappa shape index (κ2) is 9.50. The van der Waals surface area contributed by atoms with Crippen molar-refractivity contribution in [1.29, 1.82) is 0 Å². The highest BCUT2D eigenvalue weighted by molar-refractivity contribution is 7.99. The van der Waals surface area contributed by atoms with Gasteiger partial charge in [0.25, 0.3) is 0 Å². The number of urea groups is 1. The molecule has 0 bridgehead atoms. The van der Waals surface area contributed by atoms with E-state index in [2.05, 4.69) is 27.8 Å². The van der Waals surface area contributed by atoms with Crippen LogP contribution in [-0.4, -0.2) is 47.6 Å². The monoisotopic (exact) mass is 460 g/mol. The van der Waals surface area contributed by atoms with Crippen LogP contribution in [-0.2, 0) is 17.1 Å². The van der Waals surface area contributed by atoms with Crippen molar-refractivity contribution in [3.8, 4) is 0 Å². The molecular formula is C20H24N6O3S2. The average Bonchev–Trinajstić information content (AvgIpc) is 3.12. The zero-order chi connectivity index (χ0) is 22.6. The molecule has 9 nitrogen and oxygen atoms in total. The number of rotatable bonds is 7. The van der Waals surface area contributed by atoms with E-state index in [1.807, 2.05) is 29.8 Å². The van der Waals surface area contributed by atoms with Gasteiger partial charge in [0.05, 0.1) is 4.90 Å². The van der Waals surface area contributed by atoms with Crippen molar-refractivity contribution in [1.82, 2.24) is 19.1 Å². The normalized spacial score (nSPS) is 12.5. The van der Waals surface area contributed by atoms with Crippen LogP contribution in [0, 0.1) is 0 Å². The fraction of sp³-hybridized carbons (Fsp3) is 0.250. The number of nitrogens with one attached hydrogen (secondary N) is 2. The first-order valence-corrected chi connectivity index (χ1v) is 11.7. The fourth-order valence-corrected chi connectivity index (χ4v) is 4.50. The quantitative estimate of drug-likeness (QED) is 0.522. The number of benzene rings is 2. The Labute approximate surface area is 185 Å². The number of nitrogens with zero attached hydrogens (tertiary/aromatic N) is 4. The van der Waals surface area contributed by atoms with Crippen molar-refractivity contribution < 1.29 is 13.2 Å². The minimum Gasteiger partial charge on any atom is -0.312 e. The van der Waals surface area contributed by atoms with Crippen LogP contribution in [0.25, 0.3) is 0 Å². The molecule has 164 valence electrons. The third-order valence-corrected chi connectivity index (χ3v) is 7.49. The number of aromatic nitrogens is 3. The van der Waals surface area contributed by atoms with Gasteiger partial charge in [-0.3, -0.25) is 0 Å². The van der Waals surface area contributed by atoms with Gasteiger partial charge in [0, 0.05) is 37.8 Å². The fourth-order valence-electron chi connectivity index (χ4n) is 2.69. The van der Waals surface area contributed by atoms with Crippen LogP contribution in [0.1, 0.15) is 17.7 Å². The van der Waals surface area contributed by atoms with Gasteiger partial charge in [-0.2, -0.15) is 0 Å². The van der Waals surface area contributed by atoms with E-state index in [1.54, 1.807) is 36.3 Å². The van der Waals surface area contributed by atoms with Crippen molar-refractivity contribution in [3.05, 3.63) is 60.4 Å². The Bertz CT molecular complexity index is 1160. The summed E-state index contributed by atoms with van der Waals surface area (Å²) < 4.78 is 27.2. The van der Waals surface area contributed by atoms with Gasteiger partial charge >= 0.3 is 6.03 Å². The van der Waals surface area contributed by atoms with Gasteiger partial charge in [0.1, 0.15) is 6.33 Å². The highest BCUT2D eigenvalue weighted by Crippen LogP contribution is 2.34. The van der Waals surface area contributed by atoms with Gasteiger partial charge < -0.3 is 15.2 Å². The van der Waals surface area contributed by atoms with Crippen molar-refractivity contribution in [2.24, 2.45) is 7.05 Å². The molecule has 1 unspecified atom stereocenters. The van der Waals surface area contributed by atoms with E-state index < -0.39 is 16.1 Å². The first-order valence-electron chi connectivity index (χ1n) is 9.38. The lowest BCUT2D eigenvalue weighted by atomic mass is 10.1. The second-order valence-corrected chi connectivity index (χ2v) is 10.5. The highest BCUT2D eigenvalue weighted by Gasteiger charge is 2.17. The molecular weight excluding hydrogens is 436 g/mol. The number of anilines is 2. The van der Waals surface area contributed by atoms with Crippen molar-refractivity contribution in [2.75, 3.05) is 24.7 Å². The smallest absolute Gasteiger partial charge is 0.312 e. The average molecular weight is 461 g/mol. The molecule has 0 saturated heterocycles. The van der Waals surface area contributed by atoms with Gasteiger partial charge in [-0.05, 0) is 48.9 Å². The molecule has 1 atom stereocenters. The van der Waals surface area contributed by atoms with Crippen LogP contribution in [0.5, 0.6) is 0 Å². The molecule has 2 aromatic carbocycles. The number of aryl methyl sites for hydroxylation is 1. The minimum atomic E-state index is -3.51. The van der Waals surface area contributed by atoms with Gasteiger partial charge in [0.2, 0.25) is 10.0 Å². The zero-order valence-corrected chi connectivity index (χ0v) is 19.2. The SMILES string of the molecule is CC(Sc1nncn1C)c1cccc(NC(=O)Nc2ccc(S(=O)(=O)N(C)C)cc2)c1. The van der Waals surface area contributed by atoms with E-state index in [-0.39, 0.29) is 10.1 Å². The summed E-state index contributed by atoms with van der Waals surface area (Å²) >= 11 is 1.57.